The summed E-state index contributed by atoms with van der Waals surface area (Å²) in [6, 6.07) is 11.6. The van der Waals surface area contributed by atoms with Gasteiger partial charge in [-0.05, 0) is 29.3 Å². The quantitative estimate of drug-likeness (QED) is 0.926. The minimum Gasteiger partial charge on any atom is -0.497 e. The summed E-state index contributed by atoms with van der Waals surface area (Å²) in [6.07, 6.45) is 0.403. The highest BCUT2D eigenvalue weighted by Crippen LogP contribution is 2.44. The number of rotatable bonds is 2. The Hall–Kier alpha value is -2.69. The molecule has 0 spiro atoms. The Balaban J connectivity index is 1.83. The number of carbonyl (C=O) groups is 1. The van der Waals surface area contributed by atoms with Crippen LogP contribution in [0.25, 0.3) is 0 Å². The fraction of sp³-hybridized carbons (Fsp3) is 0.235. The lowest BCUT2D eigenvalue weighted by Gasteiger charge is -2.26. The SMILES string of the molecule is COc1cccc([C@H]2CC(=O)Nc3cc4c(cc32)OCO4)c1. The third-order valence-corrected chi connectivity index (χ3v) is 4.08. The lowest BCUT2D eigenvalue weighted by Crippen LogP contribution is -2.23. The van der Waals surface area contributed by atoms with E-state index in [0.717, 1.165) is 28.3 Å². The zero-order chi connectivity index (χ0) is 15.1. The maximum atomic E-state index is 12.0. The molecule has 0 aliphatic carbocycles. The summed E-state index contributed by atoms with van der Waals surface area (Å²) < 4.78 is 16.1. The van der Waals surface area contributed by atoms with Crippen LogP contribution in [-0.4, -0.2) is 19.8 Å². The summed E-state index contributed by atoms with van der Waals surface area (Å²) in [5, 5.41) is 2.91. The maximum Gasteiger partial charge on any atom is 0.231 e. The summed E-state index contributed by atoms with van der Waals surface area (Å²) in [6.45, 7) is 0.218. The van der Waals surface area contributed by atoms with Crippen LogP contribution in [0.2, 0.25) is 0 Å². The van der Waals surface area contributed by atoms with Crippen LogP contribution in [0.15, 0.2) is 36.4 Å². The van der Waals surface area contributed by atoms with Crippen LogP contribution in [0.1, 0.15) is 23.5 Å². The molecule has 2 heterocycles. The van der Waals surface area contributed by atoms with Gasteiger partial charge in [-0.15, -0.1) is 0 Å². The summed E-state index contributed by atoms with van der Waals surface area (Å²) in [7, 11) is 1.64. The molecule has 2 aliphatic heterocycles. The lowest BCUT2D eigenvalue weighted by atomic mass is 9.84. The van der Waals surface area contributed by atoms with E-state index in [1.165, 1.54) is 0 Å². The Labute approximate surface area is 127 Å². The predicted molar refractivity (Wildman–Crippen MR) is 80.6 cm³/mol. The van der Waals surface area contributed by atoms with E-state index in [-0.39, 0.29) is 18.6 Å². The number of hydrogen-bond donors (Lipinski definition) is 1. The second-order valence-corrected chi connectivity index (χ2v) is 5.37. The van der Waals surface area contributed by atoms with E-state index >= 15 is 0 Å². The smallest absolute Gasteiger partial charge is 0.231 e. The molecule has 2 aromatic rings. The molecule has 112 valence electrons. The minimum atomic E-state index is -0.0200. The molecule has 5 nitrogen and oxygen atoms in total. The van der Waals surface area contributed by atoms with Crippen LogP contribution in [0.3, 0.4) is 0 Å². The van der Waals surface area contributed by atoms with E-state index in [1.54, 1.807) is 7.11 Å². The molecule has 22 heavy (non-hydrogen) atoms. The Morgan fingerprint density at radius 2 is 2.00 bits per heavy atom. The Kier molecular flexibility index (Phi) is 2.92. The van der Waals surface area contributed by atoms with E-state index in [4.69, 9.17) is 14.2 Å². The topological polar surface area (TPSA) is 56.8 Å². The molecule has 0 aromatic heterocycles. The summed E-state index contributed by atoms with van der Waals surface area (Å²) in [4.78, 5) is 12.0. The molecule has 0 saturated heterocycles. The van der Waals surface area contributed by atoms with Gasteiger partial charge >= 0.3 is 0 Å². The number of benzene rings is 2. The van der Waals surface area contributed by atoms with Gasteiger partial charge in [0.1, 0.15) is 5.75 Å². The first kappa shape index (κ1) is 13.0. The lowest BCUT2D eigenvalue weighted by molar-refractivity contribution is -0.116. The van der Waals surface area contributed by atoms with E-state index in [2.05, 4.69) is 5.32 Å². The van der Waals surface area contributed by atoms with E-state index in [0.29, 0.717) is 12.2 Å². The molecule has 1 N–H and O–H groups in total. The molecule has 0 bridgehead atoms. The van der Waals surface area contributed by atoms with Crippen LogP contribution < -0.4 is 19.5 Å². The third kappa shape index (κ3) is 2.06. The van der Waals surface area contributed by atoms with Gasteiger partial charge in [0, 0.05) is 24.1 Å². The van der Waals surface area contributed by atoms with Crippen molar-refractivity contribution in [1.29, 1.82) is 0 Å². The predicted octanol–water partition coefficient (Wildman–Crippen LogP) is 2.90. The highest BCUT2D eigenvalue weighted by molar-refractivity contribution is 5.96. The van der Waals surface area contributed by atoms with Gasteiger partial charge in [-0.1, -0.05) is 12.1 Å². The fourth-order valence-electron chi connectivity index (χ4n) is 3.01. The molecule has 2 aliphatic rings. The van der Waals surface area contributed by atoms with Crippen molar-refractivity contribution < 1.29 is 19.0 Å². The van der Waals surface area contributed by atoms with Crippen LogP contribution in [0, 0.1) is 0 Å². The number of anilines is 1. The maximum absolute atomic E-state index is 12.0. The van der Waals surface area contributed by atoms with Crippen molar-refractivity contribution in [2.45, 2.75) is 12.3 Å². The van der Waals surface area contributed by atoms with Crippen LogP contribution in [0.4, 0.5) is 5.69 Å². The van der Waals surface area contributed by atoms with Crippen molar-refractivity contribution in [2.75, 3.05) is 19.2 Å². The van der Waals surface area contributed by atoms with Crippen molar-refractivity contribution in [2.24, 2.45) is 0 Å². The molecular weight excluding hydrogens is 282 g/mol. The molecule has 1 atom stereocenters. The minimum absolute atomic E-state index is 0.000754. The van der Waals surface area contributed by atoms with E-state index < -0.39 is 0 Å². The third-order valence-electron chi connectivity index (χ3n) is 4.08. The second-order valence-electron chi connectivity index (χ2n) is 5.37. The summed E-state index contributed by atoms with van der Waals surface area (Å²) in [5.74, 6) is 2.16. The average Bonchev–Trinajstić information content (AvgIpc) is 2.99. The molecule has 4 rings (SSSR count). The average molecular weight is 297 g/mol. The number of carbonyl (C=O) groups excluding carboxylic acids is 1. The number of amides is 1. The van der Waals surface area contributed by atoms with Gasteiger partial charge in [-0.3, -0.25) is 4.79 Å². The first-order valence-corrected chi connectivity index (χ1v) is 7.12. The van der Waals surface area contributed by atoms with Crippen molar-refractivity contribution >= 4 is 11.6 Å². The van der Waals surface area contributed by atoms with Crippen molar-refractivity contribution in [3.05, 3.63) is 47.5 Å². The van der Waals surface area contributed by atoms with Crippen molar-refractivity contribution in [3.8, 4) is 17.2 Å². The van der Waals surface area contributed by atoms with Crippen LogP contribution >= 0.6 is 0 Å². The summed E-state index contributed by atoms with van der Waals surface area (Å²) >= 11 is 0. The summed E-state index contributed by atoms with van der Waals surface area (Å²) in [5.41, 5.74) is 2.87. The molecule has 0 fully saturated rings. The Bertz CT molecular complexity index is 756. The number of methoxy groups -OCH3 is 1. The van der Waals surface area contributed by atoms with Crippen LogP contribution in [0.5, 0.6) is 17.2 Å². The molecule has 1 amide bonds. The number of hydrogen-bond acceptors (Lipinski definition) is 4. The van der Waals surface area contributed by atoms with Gasteiger partial charge in [0.2, 0.25) is 12.7 Å². The zero-order valence-corrected chi connectivity index (χ0v) is 12.1. The van der Waals surface area contributed by atoms with Crippen molar-refractivity contribution in [1.82, 2.24) is 0 Å². The molecule has 5 heteroatoms. The number of nitrogens with one attached hydrogen (secondary N) is 1. The van der Waals surface area contributed by atoms with Gasteiger partial charge in [0.25, 0.3) is 0 Å². The molecule has 0 unspecified atom stereocenters. The standard InChI is InChI=1S/C17H15NO4/c1-20-11-4-2-3-10(5-11)12-7-17(19)18-14-8-16-15(6-13(12)14)21-9-22-16/h2-6,8,12H,7,9H2,1H3,(H,18,19)/t12-/m1/s1. The highest BCUT2D eigenvalue weighted by Gasteiger charge is 2.29. The van der Waals surface area contributed by atoms with Crippen LogP contribution in [-0.2, 0) is 4.79 Å². The molecule has 2 aromatic carbocycles. The molecule has 0 saturated carbocycles. The monoisotopic (exact) mass is 297 g/mol. The number of ether oxygens (including phenoxy) is 3. The number of fused-ring (bicyclic) bond motifs is 2. The normalized spacial score (nSPS) is 18.6. The molecule has 0 radical (unpaired) electrons. The second kappa shape index (κ2) is 4.94. The van der Waals surface area contributed by atoms with Gasteiger partial charge < -0.3 is 19.5 Å². The zero-order valence-electron chi connectivity index (χ0n) is 12.1. The van der Waals surface area contributed by atoms with Crippen molar-refractivity contribution in [3.63, 3.8) is 0 Å². The first-order valence-electron chi connectivity index (χ1n) is 7.12. The fourth-order valence-corrected chi connectivity index (χ4v) is 3.01. The highest BCUT2D eigenvalue weighted by atomic mass is 16.7. The Morgan fingerprint density at radius 3 is 2.82 bits per heavy atom. The van der Waals surface area contributed by atoms with Gasteiger partial charge in [-0.25, -0.2) is 0 Å². The van der Waals surface area contributed by atoms with Gasteiger partial charge in [0.05, 0.1) is 7.11 Å². The largest absolute Gasteiger partial charge is 0.497 e. The Morgan fingerprint density at radius 1 is 1.18 bits per heavy atom. The van der Waals surface area contributed by atoms with Gasteiger partial charge in [-0.2, -0.15) is 0 Å². The van der Waals surface area contributed by atoms with E-state index in [1.807, 2.05) is 36.4 Å². The molecular formula is C17H15NO4. The van der Waals surface area contributed by atoms with E-state index in [9.17, 15) is 4.79 Å². The van der Waals surface area contributed by atoms with Gasteiger partial charge in [0.15, 0.2) is 11.5 Å². The first-order chi connectivity index (χ1) is 10.7.